The van der Waals surface area contributed by atoms with Gasteiger partial charge in [-0.25, -0.2) is 0 Å². The van der Waals surface area contributed by atoms with Crippen LogP contribution in [0.15, 0.2) is 23.3 Å². The van der Waals surface area contributed by atoms with E-state index >= 15 is 0 Å². The molecule has 0 saturated heterocycles. The molecule has 0 amide bonds. The van der Waals surface area contributed by atoms with Gasteiger partial charge in [-0.1, -0.05) is 0 Å². The van der Waals surface area contributed by atoms with Crippen LogP contribution in [0.2, 0.25) is 5.02 Å². The van der Waals surface area contributed by atoms with Crippen molar-refractivity contribution in [2.75, 3.05) is 0 Å². The predicted octanol–water partition coefficient (Wildman–Crippen LogP) is 0.648. The minimum absolute atomic E-state index is 0. The van der Waals surface area contributed by atoms with Gasteiger partial charge in [0.2, 0.25) is 0 Å². The van der Waals surface area contributed by atoms with E-state index in [2.05, 4.69) is 32.9 Å². The predicted molar refractivity (Wildman–Crippen MR) is 47.2 cm³/mol. The molecule has 0 unspecified atom stereocenters. The molecular formula is C10H17ClZn. The minimum Gasteiger partial charge on any atom is -1.00 e. The molecule has 0 aliphatic carbocycles. The summed E-state index contributed by atoms with van der Waals surface area (Å²) in [6.45, 7) is 6.55. The largest absolute Gasteiger partial charge is 1.00 e. The molecule has 0 bridgehead atoms. The average Bonchev–Trinajstić information content (AvgIpc) is 1.87. The minimum atomic E-state index is 0. The molecule has 0 aromatic carbocycles. The van der Waals surface area contributed by atoms with Crippen molar-refractivity contribution in [3.8, 4) is 0 Å². The van der Waals surface area contributed by atoms with Crippen molar-refractivity contribution in [3.63, 3.8) is 0 Å². The van der Waals surface area contributed by atoms with E-state index in [1.165, 1.54) is 41.7 Å². The van der Waals surface area contributed by atoms with Gasteiger partial charge in [-0.2, -0.15) is 0 Å². The van der Waals surface area contributed by atoms with E-state index in [1.54, 1.807) is 5.57 Å². The van der Waals surface area contributed by atoms with Crippen molar-refractivity contribution >= 4 is 0 Å². The Morgan fingerprint density at radius 1 is 1.17 bits per heavy atom. The van der Waals surface area contributed by atoms with Gasteiger partial charge >= 0.3 is 80.2 Å². The van der Waals surface area contributed by atoms with Crippen LogP contribution in [0.3, 0.4) is 0 Å². The van der Waals surface area contributed by atoms with Crippen LogP contribution in [0.5, 0.6) is 0 Å². The van der Waals surface area contributed by atoms with Crippen LogP contribution in [-0.2, 0) is 18.3 Å². The zero-order chi connectivity index (χ0) is 8.69. The Labute approximate surface area is 92.6 Å². The summed E-state index contributed by atoms with van der Waals surface area (Å²) in [5, 5.41) is 1.29. The summed E-state index contributed by atoms with van der Waals surface area (Å²) in [7, 11) is 0. The van der Waals surface area contributed by atoms with Gasteiger partial charge in [0.15, 0.2) is 0 Å². The first-order chi connectivity index (χ1) is 5.16. The van der Waals surface area contributed by atoms with E-state index in [1.807, 2.05) is 0 Å². The zero-order valence-electron chi connectivity index (χ0n) is 8.36. The maximum absolute atomic E-state index is 2.36. The molecule has 0 heterocycles. The van der Waals surface area contributed by atoms with Gasteiger partial charge in [0.25, 0.3) is 0 Å². The third-order valence-corrected chi connectivity index (χ3v) is 2.19. The fourth-order valence-corrected chi connectivity index (χ4v) is 1.97. The summed E-state index contributed by atoms with van der Waals surface area (Å²) in [4.78, 5) is 0. The first-order valence-electron chi connectivity index (χ1n) is 4.25. The van der Waals surface area contributed by atoms with Gasteiger partial charge in [0, 0.05) is 0 Å². The van der Waals surface area contributed by atoms with E-state index in [-0.39, 0.29) is 12.4 Å². The number of halogens is 1. The smallest absolute Gasteiger partial charge is 1.00 e. The van der Waals surface area contributed by atoms with Crippen LogP contribution in [0, 0.1) is 0 Å². The van der Waals surface area contributed by atoms with E-state index < -0.39 is 0 Å². The molecule has 0 fully saturated rings. The molecule has 0 radical (unpaired) electrons. The van der Waals surface area contributed by atoms with Crippen LogP contribution in [0.4, 0.5) is 0 Å². The van der Waals surface area contributed by atoms with Crippen LogP contribution < -0.4 is 12.4 Å². The molecule has 0 aliphatic heterocycles. The normalized spacial score (nSPS) is 10.6. The molecule has 0 rings (SSSR count). The average molecular weight is 238 g/mol. The van der Waals surface area contributed by atoms with Crippen LogP contribution in [0.25, 0.3) is 0 Å². The van der Waals surface area contributed by atoms with Gasteiger partial charge in [-0.3, -0.25) is 0 Å². The second-order valence-corrected chi connectivity index (χ2v) is 4.37. The molecule has 2 heteroatoms. The van der Waals surface area contributed by atoms with E-state index in [4.69, 9.17) is 0 Å². The Morgan fingerprint density at radius 3 is 2.17 bits per heavy atom. The molecule has 0 aliphatic rings. The van der Waals surface area contributed by atoms with Crippen molar-refractivity contribution in [2.24, 2.45) is 0 Å². The third-order valence-electron chi connectivity index (χ3n) is 1.58. The molecule has 0 atom stereocenters. The topological polar surface area (TPSA) is 0 Å². The zero-order valence-corrected chi connectivity index (χ0v) is 12.1. The van der Waals surface area contributed by atoms with Crippen molar-refractivity contribution in [2.45, 2.75) is 38.6 Å². The quantitative estimate of drug-likeness (QED) is 0.498. The number of hydrogen-bond acceptors (Lipinski definition) is 0. The monoisotopic (exact) mass is 236 g/mol. The molecule has 0 nitrogen and oxygen atoms in total. The summed E-state index contributed by atoms with van der Waals surface area (Å²) in [5.41, 5.74) is 2.98. The van der Waals surface area contributed by atoms with E-state index in [0.717, 1.165) is 0 Å². The first kappa shape index (κ1) is 14.9. The fraction of sp³-hybridized carbons (Fsp3) is 0.600. The Morgan fingerprint density at radius 2 is 1.75 bits per heavy atom. The standard InChI is InChI=1S/C10H17.ClH.Zn/c1-5-10(4)8-6-7-9(2)3;;/h5,7H,1,6,8H2,2-4H3;1H;/q;;+1/p-1/b10-5+;;. The summed E-state index contributed by atoms with van der Waals surface area (Å²) < 4.78 is 0. The van der Waals surface area contributed by atoms with Crippen molar-refractivity contribution in [3.05, 3.63) is 23.3 Å². The number of allylic oxidation sites excluding steroid dienone is 4. The second-order valence-electron chi connectivity index (χ2n) is 3.16. The van der Waals surface area contributed by atoms with E-state index in [9.17, 15) is 0 Å². The van der Waals surface area contributed by atoms with Crippen LogP contribution >= 0.6 is 0 Å². The molecule has 0 N–H and O–H groups in total. The first-order valence-corrected chi connectivity index (χ1v) is 6.35. The summed E-state index contributed by atoms with van der Waals surface area (Å²) >= 11 is 1.39. The van der Waals surface area contributed by atoms with Crippen LogP contribution in [0.1, 0.15) is 33.6 Å². The van der Waals surface area contributed by atoms with Crippen LogP contribution in [-0.4, -0.2) is 0 Å². The summed E-state index contributed by atoms with van der Waals surface area (Å²) in [5.74, 6) is 0. The molecule has 12 heavy (non-hydrogen) atoms. The fourth-order valence-electron chi connectivity index (χ4n) is 0.937. The Kier molecular flexibility index (Phi) is 11.8. The van der Waals surface area contributed by atoms with Gasteiger partial charge in [0.05, 0.1) is 0 Å². The molecule has 0 saturated carbocycles. The van der Waals surface area contributed by atoms with Gasteiger partial charge < -0.3 is 12.4 Å². The Bertz CT molecular complexity index is 155. The van der Waals surface area contributed by atoms with E-state index in [0.29, 0.717) is 0 Å². The van der Waals surface area contributed by atoms with Gasteiger partial charge in [-0.05, 0) is 0 Å². The molecular weight excluding hydrogens is 221 g/mol. The van der Waals surface area contributed by atoms with Crippen molar-refractivity contribution in [1.82, 2.24) is 0 Å². The summed E-state index contributed by atoms with van der Waals surface area (Å²) in [6, 6.07) is 0. The molecule has 0 aromatic rings. The van der Waals surface area contributed by atoms with Gasteiger partial charge in [-0.15, -0.1) is 0 Å². The number of hydrogen-bond donors (Lipinski definition) is 0. The maximum Gasteiger partial charge on any atom is -1.00 e. The number of rotatable bonds is 4. The van der Waals surface area contributed by atoms with Crippen molar-refractivity contribution < 1.29 is 30.7 Å². The molecule has 66 valence electrons. The summed E-state index contributed by atoms with van der Waals surface area (Å²) in [6.07, 6.45) is 7.12. The molecule has 0 aromatic heterocycles. The molecule has 0 spiro atoms. The Balaban J connectivity index is 0. The maximum atomic E-state index is 2.36. The SMILES string of the molecule is CC(C)=CCC/C(C)=C/[CH2][Zn+].[Cl-]. The second kappa shape index (κ2) is 9.48. The van der Waals surface area contributed by atoms with Gasteiger partial charge in [0.1, 0.15) is 0 Å². The van der Waals surface area contributed by atoms with Crippen molar-refractivity contribution in [1.29, 1.82) is 0 Å². The Hall–Kier alpha value is 0.393. The third kappa shape index (κ3) is 10.4.